The second kappa shape index (κ2) is 18.8. The van der Waals surface area contributed by atoms with Crippen LogP contribution in [0.5, 0.6) is 5.75 Å². The largest absolute Gasteiger partial charge is 0.489 e. The van der Waals surface area contributed by atoms with Gasteiger partial charge in [0.25, 0.3) is 17.7 Å². The van der Waals surface area contributed by atoms with Gasteiger partial charge in [0.1, 0.15) is 35.3 Å². The van der Waals surface area contributed by atoms with Gasteiger partial charge in [-0.25, -0.2) is 14.6 Å². The smallest absolute Gasteiger partial charge is 0.418 e. The number of aryl methyl sites for hydroxylation is 2. The van der Waals surface area contributed by atoms with E-state index in [1.807, 2.05) is 28.8 Å². The Balaban J connectivity index is 1.48. The summed E-state index contributed by atoms with van der Waals surface area (Å²) in [5.41, 5.74) is -2.35. The summed E-state index contributed by atoms with van der Waals surface area (Å²) in [4.78, 5) is 80.3. The lowest BCUT2D eigenvalue weighted by Crippen LogP contribution is -2.76. The molecule has 1 saturated heterocycles. The van der Waals surface area contributed by atoms with Crippen molar-refractivity contribution in [2.24, 2.45) is 12.2 Å². The molecule has 61 heavy (non-hydrogen) atoms. The molecule has 0 bridgehead atoms. The van der Waals surface area contributed by atoms with Crippen LogP contribution in [0.4, 0.5) is 14.7 Å². The minimum absolute atomic E-state index is 0.0752. The van der Waals surface area contributed by atoms with Crippen molar-refractivity contribution in [3.63, 3.8) is 0 Å². The van der Waals surface area contributed by atoms with E-state index in [0.717, 1.165) is 22.5 Å². The zero-order chi connectivity index (χ0) is 45.7. The molecule has 26 heteroatoms. The van der Waals surface area contributed by atoms with Crippen LogP contribution in [0.3, 0.4) is 0 Å². The molecule has 0 saturated carbocycles. The van der Waals surface area contributed by atoms with Gasteiger partial charge in [-0.2, -0.15) is 18.2 Å². The van der Waals surface area contributed by atoms with E-state index in [4.69, 9.17) is 23.6 Å². The van der Waals surface area contributed by atoms with Gasteiger partial charge >= 0.3 is 30.2 Å². The van der Waals surface area contributed by atoms with E-state index in [1.165, 1.54) is 19.2 Å². The maximum Gasteiger partial charge on any atom is 0.418 e. The standard InChI is InChI=1S/C35H49N8O15PS2/c1-33(2,3)55-31(46)36-15-10-16-42-18-22(17-41(42)9)21-11-13-23(14-12-21)54-19-25(59(48,49)50)57-40-26(24-20-60-30(37-24)39-32(47)56-34(4,5)6)28(44)38-27-29(45)43(35(27,7)8)58-61(51,52)53/h11-14,17-18,20,25,27H,10,15-16,19H2,1-9H3,(H5-,36,37,38,39,44,46,47,48,49,50,51,52,53)/p+1. The Bertz CT molecular complexity index is 2280. The summed E-state index contributed by atoms with van der Waals surface area (Å²) in [5, 5.41) is 12.6. The fourth-order valence-electron chi connectivity index (χ4n) is 5.35. The van der Waals surface area contributed by atoms with Crippen molar-refractivity contribution in [2.45, 2.75) is 97.0 Å². The summed E-state index contributed by atoms with van der Waals surface area (Å²) in [5.74, 6) is -4.13. The minimum atomic E-state index is -5.16. The van der Waals surface area contributed by atoms with Gasteiger partial charge in [-0.1, -0.05) is 17.3 Å². The van der Waals surface area contributed by atoms with Crippen molar-refractivity contribution in [2.75, 3.05) is 18.5 Å². The molecule has 2 aromatic heterocycles. The van der Waals surface area contributed by atoms with Crippen LogP contribution in [0.15, 0.2) is 47.2 Å². The number of carbonyl (C=O) groups excluding carboxylic acids is 4. The van der Waals surface area contributed by atoms with Gasteiger partial charge < -0.3 is 39.5 Å². The molecule has 6 N–H and O–H groups in total. The third-order valence-electron chi connectivity index (χ3n) is 8.16. The first-order valence-electron chi connectivity index (χ1n) is 18.4. The molecule has 0 spiro atoms. The van der Waals surface area contributed by atoms with Gasteiger partial charge in [-0.05, 0) is 79.5 Å². The maximum atomic E-state index is 13.6. The molecule has 1 aliphatic rings. The topological polar surface area (TPSA) is 300 Å². The Hall–Kier alpha value is -5.17. The quantitative estimate of drug-likeness (QED) is 0.0216. The molecule has 4 amide bonds. The Morgan fingerprint density at radius 1 is 1.05 bits per heavy atom. The highest BCUT2D eigenvalue weighted by molar-refractivity contribution is 7.80. The summed E-state index contributed by atoms with van der Waals surface area (Å²) in [6, 6.07) is 5.13. The van der Waals surface area contributed by atoms with Gasteiger partial charge in [0.15, 0.2) is 17.9 Å². The van der Waals surface area contributed by atoms with E-state index < -0.39 is 82.9 Å². The van der Waals surface area contributed by atoms with Gasteiger partial charge in [-0.3, -0.25) is 24.0 Å². The van der Waals surface area contributed by atoms with Crippen LogP contribution in [0.1, 0.15) is 67.5 Å². The highest BCUT2D eigenvalue weighted by Gasteiger charge is 2.58. The Labute approximate surface area is 355 Å². The summed E-state index contributed by atoms with van der Waals surface area (Å²) >= 11 is 0.823. The molecule has 3 heterocycles. The summed E-state index contributed by atoms with van der Waals surface area (Å²) in [6.07, 6.45) is 3.07. The van der Waals surface area contributed by atoms with E-state index in [0.29, 0.717) is 24.6 Å². The molecule has 1 fully saturated rings. The summed E-state index contributed by atoms with van der Waals surface area (Å²) < 4.78 is 68.4. The number of rotatable bonds is 17. The van der Waals surface area contributed by atoms with Crippen LogP contribution in [-0.4, -0.2) is 109 Å². The fourth-order valence-corrected chi connectivity index (χ4v) is 6.92. The molecular formula is C35H50N8O15PS2+. The molecule has 0 radical (unpaired) electrons. The maximum absolute atomic E-state index is 13.6. The average molecular weight is 918 g/mol. The lowest BCUT2D eigenvalue weighted by Gasteiger charge is -2.50. The lowest BCUT2D eigenvalue weighted by molar-refractivity contribution is -0.753. The third-order valence-corrected chi connectivity index (χ3v) is 10.3. The van der Waals surface area contributed by atoms with Gasteiger partial charge in [-0.15, -0.1) is 20.3 Å². The first kappa shape index (κ1) is 48.5. The SMILES string of the molecule is C[n+]1cc(-c2ccc(OCC(ON=C(C(=O)NC3C(=O)N(OS(=O)(=O)O)C3(C)C)c3csc(NC(=O)OC(C)(C)C)n3)P(=O)(O)O)cc2)cn1CCCNC(=O)OC(C)(C)C. The second-order valence-corrected chi connectivity index (χ2v) is 19.6. The molecule has 336 valence electrons. The number of thiazole rings is 1. The van der Waals surface area contributed by atoms with Crippen molar-refractivity contribution in [3.05, 3.63) is 47.7 Å². The number of carbonyl (C=O) groups is 4. The van der Waals surface area contributed by atoms with E-state index in [1.54, 1.807) is 65.8 Å². The predicted molar refractivity (Wildman–Crippen MR) is 216 cm³/mol. The number of aromatic nitrogens is 3. The van der Waals surface area contributed by atoms with E-state index in [-0.39, 0.29) is 16.6 Å². The number of ether oxygens (including phenoxy) is 3. The lowest BCUT2D eigenvalue weighted by atomic mass is 9.84. The molecule has 4 rings (SSSR count). The number of hydroxylamine groups is 2. The average Bonchev–Trinajstić information content (AvgIpc) is 3.72. The summed E-state index contributed by atoms with van der Waals surface area (Å²) in [6.45, 7) is 13.1. The van der Waals surface area contributed by atoms with Crippen LogP contribution in [0.2, 0.25) is 0 Å². The second-order valence-electron chi connectivity index (χ2n) is 16.0. The number of hydrogen-bond acceptors (Lipinski definition) is 15. The Morgan fingerprint density at radius 3 is 2.25 bits per heavy atom. The van der Waals surface area contributed by atoms with Crippen molar-refractivity contribution < 1.29 is 74.5 Å². The highest BCUT2D eigenvalue weighted by atomic mass is 32.3. The molecule has 1 aromatic carbocycles. The zero-order valence-electron chi connectivity index (χ0n) is 34.8. The molecule has 0 aliphatic carbocycles. The third kappa shape index (κ3) is 14.2. The van der Waals surface area contributed by atoms with Gasteiger partial charge in [0, 0.05) is 11.9 Å². The number of nitrogens with one attached hydrogen (secondary N) is 3. The first-order valence-corrected chi connectivity index (χ1v) is 22.3. The molecule has 3 aromatic rings. The highest BCUT2D eigenvalue weighted by Crippen LogP contribution is 2.42. The molecular weight excluding hydrogens is 868 g/mol. The number of alkyl carbamates (subject to hydrolysis) is 1. The predicted octanol–water partition coefficient (Wildman–Crippen LogP) is 2.84. The van der Waals surface area contributed by atoms with Gasteiger partial charge in [0.2, 0.25) is 6.20 Å². The van der Waals surface area contributed by atoms with Crippen LogP contribution in [0.25, 0.3) is 11.1 Å². The van der Waals surface area contributed by atoms with Crippen molar-refractivity contribution in [1.82, 2.24) is 25.4 Å². The number of nitrogens with zero attached hydrogens (tertiary/aromatic N) is 5. The first-order chi connectivity index (χ1) is 28.0. The van der Waals surface area contributed by atoms with E-state index in [2.05, 4.69) is 30.4 Å². The van der Waals surface area contributed by atoms with Crippen molar-refractivity contribution in [3.8, 4) is 16.9 Å². The normalized spacial score (nSPS) is 16.3. The minimum Gasteiger partial charge on any atom is -0.489 e. The number of amides is 4. The van der Waals surface area contributed by atoms with E-state index >= 15 is 0 Å². The zero-order valence-corrected chi connectivity index (χ0v) is 37.3. The van der Waals surface area contributed by atoms with Crippen LogP contribution in [-0.2, 0) is 56.7 Å². The number of hydrogen-bond donors (Lipinski definition) is 6. The van der Waals surface area contributed by atoms with Crippen molar-refractivity contribution >= 4 is 64.2 Å². The molecule has 2 atom stereocenters. The molecule has 1 aliphatic heterocycles. The molecule has 23 nitrogen and oxygen atoms in total. The number of benzene rings is 1. The monoisotopic (exact) mass is 917 g/mol. The molecule has 2 unspecified atom stereocenters. The van der Waals surface area contributed by atoms with Gasteiger partial charge in [0.05, 0.1) is 23.8 Å². The van der Waals surface area contributed by atoms with E-state index in [9.17, 15) is 41.9 Å². The summed E-state index contributed by atoms with van der Waals surface area (Å²) in [7, 11) is -8.41. The number of oxime groups is 1. The van der Waals surface area contributed by atoms with Crippen LogP contribution in [0, 0.1) is 0 Å². The van der Waals surface area contributed by atoms with Crippen LogP contribution >= 0.6 is 18.9 Å². The van der Waals surface area contributed by atoms with Crippen LogP contribution < -0.4 is 25.4 Å². The number of anilines is 1. The fraction of sp³-hybridized carbons (Fsp3) is 0.514. The Morgan fingerprint density at radius 2 is 1.67 bits per heavy atom. The Kier molecular flexibility index (Phi) is 15.0. The number of β-lactam (4-membered cyclic amide) rings is 1. The van der Waals surface area contributed by atoms with Crippen molar-refractivity contribution in [1.29, 1.82) is 0 Å².